The average molecular weight is 347 g/mol. The maximum atomic E-state index is 12.7. The van der Waals surface area contributed by atoms with Gasteiger partial charge in [-0.2, -0.15) is 0 Å². The first kappa shape index (κ1) is 19.4. The number of nitrogens with one attached hydrogen (secondary N) is 2. The molecule has 2 unspecified atom stereocenters. The molecule has 0 heterocycles. The lowest BCUT2D eigenvalue weighted by Crippen LogP contribution is -2.74. The van der Waals surface area contributed by atoms with Crippen molar-refractivity contribution < 1.29 is 14.3 Å². The lowest BCUT2D eigenvalue weighted by atomic mass is 9.54. The van der Waals surface area contributed by atoms with Gasteiger partial charge in [-0.3, -0.25) is 9.59 Å². The van der Waals surface area contributed by atoms with E-state index in [2.05, 4.69) is 10.6 Å². The minimum absolute atomic E-state index is 0.0182. The van der Waals surface area contributed by atoms with E-state index in [1.54, 1.807) is 24.3 Å². The Morgan fingerprint density at radius 2 is 1.88 bits per heavy atom. The summed E-state index contributed by atoms with van der Waals surface area (Å²) < 4.78 is 5.66. The number of carbonyl (C=O) groups excluding carboxylic acids is 2. The second kappa shape index (κ2) is 7.14. The van der Waals surface area contributed by atoms with Crippen molar-refractivity contribution in [2.24, 2.45) is 11.1 Å². The molecule has 4 N–H and O–H groups in total. The predicted octanol–water partition coefficient (Wildman–Crippen LogP) is 2.30. The second-order valence-electron chi connectivity index (χ2n) is 7.50. The van der Waals surface area contributed by atoms with Gasteiger partial charge in [0.05, 0.1) is 6.10 Å². The van der Waals surface area contributed by atoms with E-state index < -0.39 is 11.0 Å². The first-order valence-corrected chi connectivity index (χ1v) is 8.74. The van der Waals surface area contributed by atoms with Crippen LogP contribution in [0.1, 0.15) is 51.4 Å². The van der Waals surface area contributed by atoms with Gasteiger partial charge < -0.3 is 21.1 Å². The van der Waals surface area contributed by atoms with Crippen molar-refractivity contribution in [1.29, 1.82) is 0 Å². The van der Waals surface area contributed by atoms with Crippen LogP contribution in [-0.4, -0.2) is 36.1 Å². The highest BCUT2D eigenvalue weighted by atomic mass is 16.5. The molecule has 2 amide bonds. The van der Waals surface area contributed by atoms with Crippen LogP contribution in [-0.2, 0) is 9.53 Å². The Kier molecular flexibility index (Phi) is 5.54. The highest BCUT2D eigenvalue weighted by Crippen LogP contribution is 2.50. The van der Waals surface area contributed by atoms with Gasteiger partial charge in [0.15, 0.2) is 0 Å². The largest absolute Gasteiger partial charge is 0.378 e. The van der Waals surface area contributed by atoms with Crippen molar-refractivity contribution in [2.45, 2.75) is 58.7 Å². The molecule has 1 aromatic rings. The van der Waals surface area contributed by atoms with E-state index in [-0.39, 0.29) is 24.0 Å². The van der Waals surface area contributed by atoms with E-state index in [0.717, 1.165) is 0 Å². The van der Waals surface area contributed by atoms with Crippen LogP contribution >= 0.6 is 0 Å². The highest BCUT2D eigenvalue weighted by Gasteiger charge is 2.62. The molecular weight excluding hydrogens is 318 g/mol. The summed E-state index contributed by atoms with van der Waals surface area (Å²) in [6.45, 7) is 10.3. The van der Waals surface area contributed by atoms with Crippen LogP contribution in [0.2, 0.25) is 0 Å². The van der Waals surface area contributed by atoms with Crippen LogP contribution < -0.4 is 16.4 Å². The normalized spacial score (nSPS) is 24.5. The van der Waals surface area contributed by atoms with Gasteiger partial charge in [-0.05, 0) is 45.0 Å². The van der Waals surface area contributed by atoms with Gasteiger partial charge in [0, 0.05) is 35.7 Å². The molecule has 1 fully saturated rings. The third-order valence-corrected chi connectivity index (χ3v) is 5.06. The molecule has 1 aliphatic carbocycles. The van der Waals surface area contributed by atoms with Crippen LogP contribution in [0.15, 0.2) is 24.3 Å². The number of anilines is 1. The third-order valence-electron chi connectivity index (χ3n) is 5.06. The standard InChI is InChI=1S/C19H29N3O3/c1-6-25-15-11-19(20,18(15,4)5)17(24)22-14-9-7-13(8-10-14)16(23)21-12(2)3/h7-10,12,15H,6,11,20H2,1-5H3,(H,21,23)(H,22,24). The highest BCUT2D eigenvalue weighted by molar-refractivity contribution is 6.00. The minimum Gasteiger partial charge on any atom is -0.378 e. The number of ether oxygens (including phenoxy) is 1. The number of hydrogen-bond acceptors (Lipinski definition) is 4. The molecule has 6 heteroatoms. The van der Waals surface area contributed by atoms with Crippen LogP contribution in [0.5, 0.6) is 0 Å². The van der Waals surface area contributed by atoms with E-state index in [1.807, 2.05) is 34.6 Å². The van der Waals surface area contributed by atoms with E-state index in [9.17, 15) is 9.59 Å². The second-order valence-corrected chi connectivity index (χ2v) is 7.50. The summed E-state index contributed by atoms with van der Waals surface area (Å²) in [5.41, 5.74) is 6.13. The molecule has 1 saturated carbocycles. The average Bonchev–Trinajstić information content (AvgIpc) is 2.54. The van der Waals surface area contributed by atoms with E-state index in [1.165, 1.54) is 0 Å². The third kappa shape index (κ3) is 3.70. The van der Waals surface area contributed by atoms with Crippen LogP contribution in [0, 0.1) is 5.41 Å². The van der Waals surface area contributed by atoms with Crippen molar-refractivity contribution in [3.8, 4) is 0 Å². The van der Waals surface area contributed by atoms with Crippen molar-refractivity contribution >= 4 is 17.5 Å². The molecule has 0 spiro atoms. The number of rotatable bonds is 6. The summed E-state index contributed by atoms with van der Waals surface area (Å²) >= 11 is 0. The van der Waals surface area contributed by atoms with Crippen molar-refractivity contribution in [1.82, 2.24) is 5.32 Å². The van der Waals surface area contributed by atoms with Gasteiger partial charge in [-0.1, -0.05) is 13.8 Å². The summed E-state index contributed by atoms with van der Waals surface area (Å²) in [5.74, 6) is -0.365. The number of benzene rings is 1. The van der Waals surface area contributed by atoms with E-state index >= 15 is 0 Å². The lowest BCUT2D eigenvalue weighted by Gasteiger charge is -2.57. The smallest absolute Gasteiger partial charge is 0.251 e. The van der Waals surface area contributed by atoms with E-state index in [0.29, 0.717) is 24.3 Å². The van der Waals surface area contributed by atoms with Crippen LogP contribution in [0.4, 0.5) is 5.69 Å². The van der Waals surface area contributed by atoms with Gasteiger partial charge in [-0.25, -0.2) is 0 Å². The molecule has 0 saturated heterocycles. The summed E-state index contributed by atoms with van der Waals surface area (Å²) in [6, 6.07) is 6.87. The molecule has 138 valence electrons. The Morgan fingerprint density at radius 3 is 2.36 bits per heavy atom. The fraction of sp³-hybridized carbons (Fsp3) is 0.579. The molecule has 2 rings (SSSR count). The molecule has 25 heavy (non-hydrogen) atoms. The Morgan fingerprint density at radius 1 is 1.28 bits per heavy atom. The summed E-state index contributed by atoms with van der Waals surface area (Å²) in [4.78, 5) is 24.6. The summed E-state index contributed by atoms with van der Waals surface area (Å²) in [5, 5.41) is 5.69. The van der Waals surface area contributed by atoms with Crippen molar-refractivity contribution in [2.75, 3.05) is 11.9 Å². The fourth-order valence-corrected chi connectivity index (χ4v) is 3.11. The first-order valence-electron chi connectivity index (χ1n) is 8.74. The predicted molar refractivity (Wildman–Crippen MR) is 98.4 cm³/mol. The zero-order valence-corrected chi connectivity index (χ0v) is 15.7. The van der Waals surface area contributed by atoms with Crippen molar-refractivity contribution in [3.63, 3.8) is 0 Å². The fourth-order valence-electron chi connectivity index (χ4n) is 3.11. The molecule has 6 nitrogen and oxygen atoms in total. The maximum absolute atomic E-state index is 12.7. The van der Waals surface area contributed by atoms with Gasteiger partial charge in [0.2, 0.25) is 5.91 Å². The Labute approximate surface area is 149 Å². The SMILES string of the molecule is CCOC1CC(N)(C(=O)Nc2ccc(C(=O)NC(C)C)cc2)C1(C)C. The zero-order chi connectivity index (χ0) is 18.8. The lowest BCUT2D eigenvalue weighted by molar-refractivity contribution is -0.166. The van der Waals surface area contributed by atoms with Gasteiger partial charge >= 0.3 is 0 Å². The molecular formula is C19H29N3O3. The first-order chi connectivity index (χ1) is 11.6. The molecule has 0 aliphatic heterocycles. The number of nitrogens with two attached hydrogens (primary N) is 1. The number of amides is 2. The van der Waals surface area contributed by atoms with Gasteiger partial charge in [0.1, 0.15) is 5.54 Å². The number of carbonyl (C=O) groups is 2. The van der Waals surface area contributed by atoms with Crippen LogP contribution in [0.3, 0.4) is 0 Å². The molecule has 0 bridgehead atoms. The topological polar surface area (TPSA) is 93.4 Å². The Bertz CT molecular complexity index is 640. The molecule has 0 aromatic heterocycles. The quantitative estimate of drug-likeness (QED) is 0.736. The zero-order valence-electron chi connectivity index (χ0n) is 15.7. The molecule has 0 radical (unpaired) electrons. The van der Waals surface area contributed by atoms with Gasteiger partial charge in [-0.15, -0.1) is 0 Å². The molecule has 1 aromatic carbocycles. The summed E-state index contributed by atoms with van der Waals surface area (Å²) in [6.07, 6.45) is 0.476. The summed E-state index contributed by atoms with van der Waals surface area (Å²) in [7, 11) is 0. The number of hydrogen-bond donors (Lipinski definition) is 3. The Balaban J connectivity index is 2.03. The minimum atomic E-state index is -0.972. The van der Waals surface area contributed by atoms with Crippen LogP contribution in [0.25, 0.3) is 0 Å². The monoisotopic (exact) mass is 347 g/mol. The van der Waals surface area contributed by atoms with Gasteiger partial charge in [0.25, 0.3) is 5.91 Å². The molecule has 1 aliphatic rings. The van der Waals surface area contributed by atoms with Crippen molar-refractivity contribution in [3.05, 3.63) is 29.8 Å². The Hall–Kier alpha value is -1.92. The maximum Gasteiger partial charge on any atom is 0.251 e. The van der Waals surface area contributed by atoms with E-state index in [4.69, 9.17) is 10.5 Å². The molecule has 2 atom stereocenters.